The number of nitrogens with zero attached hydrogens (tertiary/aromatic N) is 1. The van der Waals surface area contributed by atoms with Gasteiger partial charge in [-0.1, -0.05) is 24.3 Å². The van der Waals surface area contributed by atoms with Crippen molar-refractivity contribution in [2.75, 3.05) is 6.61 Å². The van der Waals surface area contributed by atoms with Gasteiger partial charge < -0.3 is 19.2 Å². The molecule has 0 aliphatic rings. The monoisotopic (exact) mass is 529 g/mol. The van der Waals surface area contributed by atoms with Crippen LogP contribution in [0.3, 0.4) is 0 Å². The molecule has 0 aliphatic carbocycles. The van der Waals surface area contributed by atoms with Gasteiger partial charge in [-0.2, -0.15) is 5.10 Å². The van der Waals surface area contributed by atoms with E-state index in [4.69, 9.17) is 13.9 Å². The van der Waals surface area contributed by atoms with Crippen LogP contribution in [-0.2, 0) is 4.79 Å². The molecular weight excluding hydrogens is 506 g/mol. The number of hydrogen-bond acceptors (Lipinski definition) is 8. The van der Waals surface area contributed by atoms with Crippen molar-refractivity contribution in [1.29, 1.82) is 0 Å². The highest BCUT2D eigenvalue weighted by Gasteiger charge is 2.16. The third-order valence-corrected chi connectivity index (χ3v) is 5.75. The summed E-state index contributed by atoms with van der Waals surface area (Å²) in [5.41, 5.74) is 3.45. The molecule has 192 valence electrons. The Labute approximate surface area is 222 Å². The number of thiophene rings is 1. The lowest BCUT2D eigenvalue weighted by molar-refractivity contribution is -0.117. The number of nitrogens with one attached hydrogen (secondary N) is 2. The van der Waals surface area contributed by atoms with Gasteiger partial charge in [-0.05, 0) is 72.5 Å². The second-order valence-electron chi connectivity index (χ2n) is 7.60. The van der Waals surface area contributed by atoms with Gasteiger partial charge in [-0.3, -0.25) is 9.59 Å². The minimum absolute atomic E-state index is 0.0358. The lowest BCUT2D eigenvalue weighted by Gasteiger charge is -2.11. The van der Waals surface area contributed by atoms with Gasteiger partial charge in [0.05, 0.1) is 19.1 Å². The molecule has 0 saturated carbocycles. The normalized spacial score (nSPS) is 11.2. The lowest BCUT2D eigenvalue weighted by atomic mass is 10.2. The largest absolute Gasteiger partial charge is 0.490 e. The number of furan rings is 1. The third kappa shape index (κ3) is 7.05. The van der Waals surface area contributed by atoms with Crippen molar-refractivity contribution in [2.24, 2.45) is 5.10 Å². The Morgan fingerprint density at radius 3 is 2.55 bits per heavy atom. The lowest BCUT2D eigenvalue weighted by Crippen LogP contribution is -2.32. The maximum Gasteiger partial charge on any atom is 0.379 e. The zero-order valence-corrected chi connectivity index (χ0v) is 21.1. The smallest absolute Gasteiger partial charge is 0.379 e. The van der Waals surface area contributed by atoms with Crippen LogP contribution in [0.25, 0.3) is 6.08 Å². The molecule has 4 aromatic rings. The Morgan fingerprint density at radius 1 is 1.00 bits per heavy atom. The van der Waals surface area contributed by atoms with Crippen LogP contribution in [0.15, 0.2) is 99.7 Å². The Morgan fingerprint density at radius 2 is 1.84 bits per heavy atom. The predicted molar refractivity (Wildman–Crippen MR) is 143 cm³/mol. The van der Waals surface area contributed by atoms with Crippen molar-refractivity contribution in [3.63, 3.8) is 0 Å². The number of rotatable bonds is 10. The molecule has 38 heavy (non-hydrogen) atoms. The van der Waals surface area contributed by atoms with Crippen LogP contribution in [0.1, 0.15) is 38.3 Å². The molecule has 0 unspecified atom stereocenters. The van der Waals surface area contributed by atoms with Crippen LogP contribution in [0.4, 0.5) is 0 Å². The fourth-order valence-electron chi connectivity index (χ4n) is 3.19. The molecule has 0 atom stereocenters. The highest BCUT2D eigenvalue weighted by Crippen LogP contribution is 2.29. The number of ether oxygens (including phenoxy) is 2. The quantitative estimate of drug-likeness (QED) is 0.0994. The fraction of sp³-hybridized carbons (Fsp3) is 0.0714. The minimum Gasteiger partial charge on any atom is -0.490 e. The van der Waals surface area contributed by atoms with Gasteiger partial charge in [-0.15, -0.1) is 11.3 Å². The molecule has 2 amide bonds. The summed E-state index contributed by atoms with van der Waals surface area (Å²) >= 11 is 1.42. The average Bonchev–Trinajstić information content (AvgIpc) is 3.65. The summed E-state index contributed by atoms with van der Waals surface area (Å²) in [6.45, 7) is 2.13. The number of amides is 2. The number of hydrogen-bond donors (Lipinski definition) is 2. The number of carbonyl (C=O) groups excluding carboxylic acids is 3. The van der Waals surface area contributed by atoms with Crippen LogP contribution in [0.5, 0.6) is 11.5 Å². The zero-order chi connectivity index (χ0) is 26.7. The number of esters is 1. The maximum absolute atomic E-state index is 12.9. The molecule has 0 spiro atoms. The summed E-state index contributed by atoms with van der Waals surface area (Å²) in [6.07, 6.45) is 4.36. The van der Waals surface area contributed by atoms with Gasteiger partial charge in [0.15, 0.2) is 11.5 Å². The van der Waals surface area contributed by atoms with Crippen LogP contribution < -0.4 is 20.2 Å². The van der Waals surface area contributed by atoms with Gasteiger partial charge in [0.25, 0.3) is 11.8 Å². The van der Waals surface area contributed by atoms with E-state index in [-0.39, 0.29) is 17.2 Å². The van der Waals surface area contributed by atoms with E-state index in [9.17, 15) is 14.4 Å². The zero-order valence-electron chi connectivity index (χ0n) is 20.2. The highest BCUT2D eigenvalue weighted by atomic mass is 32.1. The SMILES string of the molecule is CCOc1cc(C=NNC(=O)C(=Cc2cccs2)NC(=O)c2ccccc2)ccc1OC(=O)c1ccco1. The summed E-state index contributed by atoms with van der Waals surface area (Å²) < 4.78 is 16.0. The van der Waals surface area contributed by atoms with Gasteiger partial charge in [0.2, 0.25) is 5.76 Å². The van der Waals surface area contributed by atoms with Gasteiger partial charge in [0, 0.05) is 10.4 Å². The molecule has 4 rings (SSSR count). The van der Waals surface area contributed by atoms with Crippen LogP contribution in [0, 0.1) is 0 Å². The summed E-state index contributed by atoms with van der Waals surface area (Å²) in [4.78, 5) is 38.5. The molecule has 10 heteroatoms. The Hall–Kier alpha value is -4.96. The second-order valence-corrected chi connectivity index (χ2v) is 8.58. The predicted octanol–water partition coefficient (Wildman–Crippen LogP) is 4.88. The Kier molecular flexibility index (Phi) is 8.82. The van der Waals surface area contributed by atoms with E-state index in [1.54, 1.807) is 67.6 Å². The first-order chi connectivity index (χ1) is 18.5. The summed E-state index contributed by atoms with van der Waals surface area (Å²) in [6, 6.07) is 20.1. The summed E-state index contributed by atoms with van der Waals surface area (Å²) in [7, 11) is 0. The molecule has 0 bridgehead atoms. The molecule has 2 N–H and O–H groups in total. The van der Waals surface area contributed by atoms with E-state index in [0.29, 0.717) is 23.5 Å². The van der Waals surface area contributed by atoms with E-state index < -0.39 is 17.8 Å². The molecule has 9 nitrogen and oxygen atoms in total. The highest BCUT2D eigenvalue weighted by molar-refractivity contribution is 7.10. The number of benzene rings is 2. The third-order valence-electron chi connectivity index (χ3n) is 4.93. The van der Waals surface area contributed by atoms with E-state index >= 15 is 0 Å². The van der Waals surface area contributed by atoms with Crippen molar-refractivity contribution in [1.82, 2.24) is 10.7 Å². The first-order valence-corrected chi connectivity index (χ1v) is 12.4. The fourth-order valence-corrected chi connectivity index (χ4v) is 3.84. The molecule has 2 aromatic heterocycles. The first kappa shape index (κ1) is 26.1. The Bertz CT molecular complexity index is 1450. The standard InChI is InChI=1S/C28H23N3O6S/c1-2-35-25-16-19(12-13-23(25)37-28(34)24-11-6-14-36-24)18-29-31-27(33)22(17-21-10-7-15-38-21)30-26(32)20-8-4-3-5-9-20/h3-18H,2H2,1H3,(H,30,32)(H,31,33). The van der Waals surface area contributed by atoms with Gasteiger partial charge >= 0.3 is 5.97 Å². The van der Waals surface area contributed by atoms with Crippen LogP contribution in [-0.4, -0.2) is 30.6 Å². The van der Waals surface area contributed by atoms with E-state index in [1.807, 2.05) is 17.5 Å². The average molecular weight is 530 g/mol. The first-order valence-electron chi connectivity index (χ1n) is 11.5. The number of hydrazone groups is 1. The van der Waals surface area contributed by atoms with Crippen LogP contribution in [0.2, 0.25) is 0 Å². The molecule has 2 heterocycles. The topological polar surface area (TPSA) is 119 Å². The van der Waals surface area contributed by atoms with Crippen molar-refractivity contribution in [3.05, 3.63) is 112 Å². The molecule has 0 radical (unpaired) electrons. The minimum atomic E-state index is -0.660. The second kappa shape index (κ2) is 12.8. The summed E-state index contributed by atoms with van der Waals surface area (Å²) in [5.74, 6) is -1.10. The van der Waals surface area contributed by atoms with Crippen LogP contribution >= 0.6 is 11.3 Å². The number of carbonyl (C=O) groups is 3. The van der Waals surface area contributed by atoms with E-state index in [2.05, 4.69) is 15.8 Å². The summed E-state index contributed by atoms with van der Waals surface area (Å²) in [5, 5.41) is 8.53. The van der Waals surface area contributed by atoms with Crippen molar-refractivity contribution >= 4 is 41.4 Å². The van der Waals surface area contributed by atoms with Crippen molar-refractivity contribution in [2.45, 2.75) is 6.92 Å². The molecule has 2 aromatic carbocycles. The maximum atomic E-state index is 12.9. The molecule has 0 saturated heterocycles. The molecule has 0 aliphatic heterocycles. The molecule has 0 fully saturated rings. The van der Waals surface area contributed by atoms with Crippen molar-refractivity contribution < 1.29 is 28.3 Å². The Balaban J connectivity index is 1.46. The van der Waals surface area contributed by atoms with Gasteiger partial charge in [-0.25, -0.2) is 10.2 Å². The van der Waals surface area contributed by atoms with Gasteiger partial charge in [0.1, 0.15) is 5.70 Å². The molecular formula is C28H23N3O6S. The van der Waals surface area contributed by atoms with E-state index in [0.717, 1.165) is 4.88 Å². The van der Waals surface area contributed by atoms with E-state index in [1.165, 1.54) is 29.9 Å². The van der Waals surface area contributed by atoms with Crippen molar-refractivity contribution in [3.8, 4) is 11.5 Å².